The van der Waals surface area contributed by atoms with Gasteiger partial charge in [0.25, 0.3) is 5.56 Å². The van der Waals surface area contributed by atoms with Crippen molar-refractivity contribution in [2.45, 2.75) is 38.8 Å². The van der Waals surface area contributed by atoms with Gasteiger partial charge in [-0.3, -0.25) is 4.79 Å². The molecule has 0 amide bonds. The number of rotatable bonds is 10. The molecule has 0 spiro atoms. The Morgan fingerprint density at radius 3 is 2.47 bits per heavy atom. The van der Waals surface area contributed by atoms with Crippen LogP contribution in [0.15, 0.2) is 59.4 Å². The van der Waals surface area contributed by atoms with Crippen molar-refractivity contribution >= 4 is 10.9 Å². The monoisotopic (exact) mass is 432 g/mol. The minimum atomic E-state index is 0.142. The molecule has 2 heterocycles. The number of fused-ring (bicyclic) bond motifs is 1. The van der Waals surface area contributed by atoms with Crippen molar-refractivity contribution in [1.82, 2.24) is 20.1 Å². The average Bonchev–Trinajstić information content (AvgIpc) is 2.83. The summed E-state index contributed by atoms with van der Waals surface area (Å²) in [6.07, 6.45) is 4.75. The number of nitrogens with zero attached hydrogens (tertiary/aromatic N) is 2. The molecule has 2 aromatic carbocycles. The fourth-order valence-electron chi connectivity index (χ4n) is 4.63. The Morgan fingerprint density at radius 1 is 0.875 bits per heavy atom. The highest BCUT2D eigenvalue weighted by Gasteiger charge is 2.14. The van der Waals surface area contributed by atoms with Gasteiger partial charge in [-0.15, -0.1) is 0 Å². The van der Waals surface area contributed by atoms with E-state index in [1.54, 1.807) is 0 Å². The van der Waals surface area contributed by atoms with E-state index in [1.807, 2.05) is 17.7 Å². The minimum absolute atomic E-state index is 0.142. The molecule has 4 rings (SSSR count). The maximum absolute atomic E-state index is 13.5. The van der Waals surface area contributed by atoms with Gasteiger partial charge in [0.2, 0.25) is 0 Å². The summed E-state index contributed by atoms with van der Waals surface area (Å²) in [5.74, 6) is 0. The van der Waals surface area contributed by atoms with E-state index in [-0.39, 0.29) is 5.56 Å². The first kappa shape index (κ1) is 22.7. The number of hydrogen-bond acceptors (Lipinski definition) is 4. The zero-order valence-corrected chi connectivity index (χ0v) is 19.3. The van der Waals surface area contributed by atoms with Gasteiger partial charge in [-0.1, -0.05) is 48.9 Å². The minimum Gasteiger partial charge on any atom is -0.318 e. The molecule has 0 unspecified atom stereocenters. The highest BCUT2D eigenvalue weighted by atomic mass is 16.1. The molecule has 1 saturated heterocycles. The third-order valence-corrected chi connectivity index (χ3v) is 6.44. The van der Waals surface area contributed by atoms with E-state index in [0.29, 0.717) is 6.54 Å². The molecule has 0 bridgehead atoms. The Balaban J connectivity index is 1.63. The SMILES string of the molecule is CNCCNCc1cc2ccc(Cc3ccccc3)cc2n(CCN2CCCCC2)c1=O. The van der Waals surface area contributed by atoms with Crippen LogP contribution < -0.4 is 16.2 Å². The lowest BCUT2D eigenvalue weighted by Gasteiger charge is -2.27. The van der Waals surface area contributed by atoms with Crippen molar-refractivity contribution in [2.24, 2.45) is 0 Å². The first-order chi connectivity index (χ1) is 15.7. The predicted octanol–water partition coefficient (Wildman–Crippen LogP) is 3.39. The van der Waals surface area contributed by atoms with Crippen LogP contribution in [0.5, 0.6) is 0 Å². The number of aromatic nitrogens is 1. The van der Waals surface area contributed by atoms with Crippen LogP contribution in [0, 0.1) is 0 Å². The molecular formula is C27H36N4O. The molecule has 0 saturated carbocycles. The maximum Gasteiger partial charge on any atom is 0.255 e. The number of hydrogen-bond donors (Lipinski definition) is 2. The maximum atomic E-state index is 13.5. The second-order valence-electron chi connectivity index (χ2n) is 8.86. The Labute approximate surface area is 191 Å². The van der Waals surface area contributed by atoms with Crippen molar-refractivity contribution in [3.05, 3.63) is 81.6 Å². The van der Waals surface area contributed by atoms with Crippen LogP contribution >= 0.6 is 0 Å². The third kappa shape index (κ3) is 5.85. The fraction of sp³-hybridized carbons (Fsp3) is 0.444. The highest BCUT2D eigenvalue weighted by Crippen LogP contribution is 2.19. The van der Waals surface area contributed by atoms with E-state index < -0.39 is 0 Å². The van der Waals surface area contributed by atoms with Gasteiger partial charge >= 0.3 is 0 Å². The molecule has 32 heavy (non-hydrogen) atoms. The van der Waals surface area contributed by atoms with Crippen molar-refractivity contribution < 1.29 is 0 Å². The van der Waals surface area contributed by atoms with Gasteiger partial charge < -0.3 is 20.1 Å². The lowest BCUT2D eigenvalue weighted by atomic mass is 10.0. The lowest BCUT2D eigenvalue weighted by molar-refractivity contribution is 0.221. The van der Waals surface area contributed by atoms with Gasteiger partial charge in [0.15, 0.2) is 0 Å². The molecule has 170 valence electrons. The topological polar surface area (TPSA) is 49.3 Å². The van der Waals surface area contributed by atoms with E-state index in [2.05, 4.69) is 64.1 Å². The summed E-state index contributed by atoms with van der Waals surface area (Å²) < 4.78 is 2.02. The molecule has 5 nitrogen and oxygen atoms in total. The summed E-state index contributed by atoms with van der Waals surface area (Å²) in [6.45, 7) is 6.32. The number of likely N-dealkylation sites (N-methyl/N-ethyl adjacent to an activating group) is 1. The van der Waals surface area contributed by atoms with E-state index in [0.717, 1.165) is 62.2 Å². The number of piperidine rings is 1. The molecule has 1 aromatic heterocycles. The predicted molar refractivity (Wildman–Crippen MR) is 133 cm³/mol. The number of likely N-dealkylation sites (tertiary alicyclic amines) is 1. The summed E-state index contributed by atoms with van der Waals surface area (Å²) in [6, 6.07) is 19.2. The molecule has 1 fully saturated rings. The van der Waals surface area contributed by atoms with E-state index >= 15 is 0 Å². The summed E-state index contributed by atoms with van der Waals surface area (Å²) in [4.78, 5) is 16.0. The molecule has 0 atom stereocenters. The quantitative estimate of drug-likeness (QED) is 0.482. The van der Waals surface area contributed by atoms with Crippen LogP contribution in [0.3, 0.4) is 0 Å². The number of nitrogens with one attached hydrogen (secondary N) is 2. The van der Waals surface area contributed by atoms with E-state index in [9.17, 15) is 4.79 Å². The van der Waals surface area contributed by atoms with Crippen LogP contribution in [-0.2, 0) is 19.5 Å². The smallest absolute Gasteiger partial charge is 0.255 e. The third-order valence-electron chi connectivity index (χ3n) is 6.44. The van der Waals surface area contributed by atoms with Crippen LogP contribution in [-0.4, -0.2) is 49.2 Å². The zero-order valence-electron chi connectivity index (χ0n) is 19.3. The van der Waals surface area contributed by atoms with Gasteiger partial charge in [0.05, 0.1) is 5.52 Å². The van der Waals surface area contributed by atoms with Gasteiger partial charge in [-0.2, -0.15) is 0 Å². The first-order valence-electron chi connectivity index (χ1n) is 12.0. The van der Waals surface area contributed by atoms with E-state index in [1.165, 1.54) is 30.4 Å². The lowest BCUT2D eigenvalue weighted by Crippen LogP contribution is -2.36. The second-order valence-corrected chi connectivity index (χ2v) is 8.86. The van der Waals surface area contributed by atoms with Gasteiger partial charge in [-0.05, 0) is 68.0 Å². The highest BCUT2D eigenvalue weighted by molar-refractivity contribution is 5.80. The molecule has 3 aromatic rings. The fourth-order valence-corrected chi connectivity index (χ4v) is 4.63. The molecule has 0 radical (unpaired) electrons. The summed E-state index contributed by atoms with van der Waals surface area (Å²) in [5.41, 5.74) is 4.58. The average molecular weight is 433 g/mol. The molecule has 5 heteroatoms. The second kappa shape index (κ2) is 11.4. The van der Waals surface area contributed by atoms with Crippen molar-refractivity contribution in [3.63, 3.8) is 0 Å². The molecule has 0 aliphatic carbocycles. The van der Waals surface area contributed by atoms with Crippen LogP contribution in [0.25, 0.3) is 10.9 Å². The van der Waals surface area contributed by atoms with Crippen molar-refractivity contribution in [3.8, 4) is 0 Å². The van der Waals surface area contributed by atoms with Gasteiger partial charge in [0.1, 0.15) is 0 Å². The van der Waals surface area contributed by atoms with Crippen LogP contribution in [0.1, 0.15) is 36.0 Å². The van der Waals surface area contributed by atoms with Crippen molar-refractivity contribution in [1.29, 1.82) is 0 Å². The van der Waals surface area contributed by atoms with E-state index in [4.69, 9.17) is 0 Å². The normalized spacial score (nSPS) is 14.8. The number of benzene rings is 2. The summed E-state index contributed by atoms with van der Waals surface area (Å²) in [5, 5.41) is 7.68. The molecule has 1 aliphatic heterocycles. The largest absolute Gasteiger partial charge is 0.318 e. The first-order valence-corrected chi connectivity index (χ1v) is 12.0. The molecule has 2 N–H and O–H groups in total. The van der Waals surface area contributed by atoms with Gasteiger partial charge in [-0.25, -0.2) is 0 Å². The Kier molecular flexibility index (Phi) is 8.10. The summed E-state index contributed by atoms with van der Waals surface area (Å²) in [7, 11) is 1.94. The van der Waals surface area contributed by atoms with Crippen molar-refractivity contribution in [2.75, 3.05) is 39.8 Å². The zero-order chi connectivity index (χ0) is 22.2. The Bertz CT molecular complexity index is 1050. The van der Waals surface area contributed by atoms with Crippen LogP contribution in [0.2, 0.25) is 0 Å². The van der Waals surface area contributed by atoms with Gasteiger partial charge in [0, 0.05) is 38.3 Å². The standard InChI is InChI=1S/C27H36N4O/c1-28-12-13-29-21-25-20-24-11-10-23(18-22-8-4-2-5-9-22)19-26(24)31(27(25)32)17-16-30-14-6-3-7-15-30/h2,4-5,8-11,19-20,28-29H,3,6-7,12-18,21H2,1H3. The van der Waals surface area contributed by atoms with Crippen LogP contribution in [0.4, 0.5) is 0 Å². The Hall–Kier alpha value is -2.47. The Morgan fingerprint density at radius 2 is 1.69 bits per heavy atom. The number of pyridine rings is 1. The molecule has 1 aliphatic rings. The summed E-state index contributed by atoms with van der Waals surface area (Å²) >= 11 is 0. The molecular weight excluding hydrogens is 396 g/mol.